The number of nitrogens with one attached hydrogen (secondary N) is 1. The van der Waals surface area contributed by atoms with Crippen molar-refractivity contribution < 1.29 is 23.7 Å². The molecule has 1 aliphatic heterocycles. The van der Waals surface area contributed by atoms with E-state index in [4.69, 9.17) is 18.9 Å². The molecule has 39 heavy (non-hydrogen) atoms. The van der Waals surface area contributed by atoms with Crippen molar-refractivity contribution in [3.05, 3.63) is 95.5 Å². The fraction of sp³-hybridized carbons (Fsp3) is 0.233. The molecule has 9 heteroatoms. The second-order valence-electron chi connectivity index (χ2n) is 9.42. The summed E-state index contributed by atoms with van der Waals surface area (Å²) in [6, 6.07) is 20.8. The lowest BCUT2D eigenvalue weighted by Gasteiger charge is -2.35. The fourth-order valence-electron chi connectivity index (χ4n) is 5.41. The molecular formula is C30H28N4O5. The van der Waals surface area contributed by atoms with Crippen LogP contribution in [0.15, 0.2) is 84.3 Å². The van der Waals surface area contributed by atoms with Crippen LogP contribution in [0.1, 0.15) is 35.9 Å². The molecule has 4 aromatic rings. The Morgan fingerprint density at radius 1 is 0.846 bits per heavy atom. The van der Waals surface area contributed by atoms with Gasteiger partial charge in [-0.3, -0.25) is 4.79 Å². The normalized spacial score (nSPS) is 18.1. The van der Waals surface area contributed by atoms with Crippen molar-refractivity contribution in [3.8, 4) is 28.7 Å². The van der Waals surface area contributed by atoms with Gasteiger partial charge >= 0.3 is 0 Å². The average Bonchev–Trinajstić information content (AvgIpc) is 3.44. The number of fused-ring (bicyclic) bond motifs is 1. The highest BCUT2D eigenvalue weighted by Gasteiger charge is 2.39. The van der Waals surface area contributed by atoms with Crippen molar-refractivity contribution in [1.82, 2.24) is 14.8 Å². The van der Waals surface area contributed by atoms with Gasteiger partial charge in [-0.25, -0.2) is 4.68 Å². The van der Waals surface area contributed by atoms with E-state index >= 15 is 0 Å². The predicted octanol–water partition coefficient (Wildman–Crippen LogP) is 5.51. The van der Waals surface area contributed by atoms with E-state index < -0.39 is 6.04 Å². The molecule has 1 aliphatic carbocycles. The summed E-state index contributed by atoms with van der Waals surface area (Å²) in [4.78, 5) is 18.3. The highest BCUT2D eigenvalue weighted by Crippen LogP contribution is 2.47. The molecular weight excluding hydrogens is 496 g/mol. The summed E-state index contributed by atoms with van der Waals surface area (Å²) in [6.07, 6.45) is 2.45. The molecule has 0 bridgehead atoms. The topological polar surface area (TPSA) is 96.7 Å². The van der Waals surface area contributed by atoms with Crippen LogP contribution in [0.4, 0.5) is 5.95 Å². The maximum Gasteiger partial charge on any atom is 0.226 e. The number of carbonyl (C=O) groups is 1. The van der Waals surface area contributed by atoms with E-state index in [0.717, 1.165) is 22.6 Å². The molecule has 0 radical (unpaired) electrons. The summed E-state index contributed by atoms with van der Waals surface area (Å²) < 4.78 is 24.4. The third-order valence-electron chi connectivity index (χ3n) is 7.17. The SMILES string of the molecule is COc1cc(C2CC(=O)C3=C(C2)Nc2ncnn2C3c2cccc(Oc3ccccc3)c2)cc(OC)c1OC. The van der Waals surface area contributed by atoms with Crippen LogP contribution in [0.5, 0.6) is 28.7 Å². The maximum absolute atomic E-state index is 13.9. The van der Waals surface area contributed by atoms with Gasteiger partial charge in [0.2, 0.25) is 11.7 Å². The lowest BCUT2D eigenvalue weighted by molar-refractivity contribution is -0.116. The van der Waals surface area contributed by atoms with Crippen molar-refractivity contribution >= 4 is 11.7 Å². The monoisotopic (exact) mass is 524 g/mol. The number of hydrogen-bond acceptors (Lipinski definition) is 8. The van der Waals surface area contributed by atoms with E-state index in [-0.39, 0.29) is 11.7 Å². The van der Waals surface area contributed by atoms with E-state index in [1.54, 1.807) is 26.0 Å². The first kappa shape index (κ1) is 24.5. The van der Waals surface area contributed by atoms with Gasteiger partial charge in [-0.15, -0.1) is 0 Å². The number of benzene rings is 3. The molecule has 0 fully saturated rings. The van der Waals surface area contributed by atoms with Crippen molar-refractivity contribution in [3.63, 3.8) is 0 Å². The van der Waals surface area contributed by atoms with Gasteiger partial charge in [-0.1, -0.05) is 30.3 Å². The molecule has 9 nitrogen and oxygen atoms in total. The summed E-state index contributed by atoms with van der Waals surface area (Å²) in [5.41, 5.74) is 3.36. The predicted molar refractivity (Wildman–Crippen MR) is 145 cm³/mol. The Hall–Kier alpha value is -4.79. The first-order valence-electron chi connectivity index (χ1n) is 12.6. The van der Waals surface area contributed by atoms with Gasteiger partial charge in [0.1, 0.15) is 23.9 Å². The number of ether oxygens (including phenoxy) is 4. The number of ketones is 1. The number of carbonyl (C=O) groups excluding carboxylic acids is 1. The van der Waals surface area contributed by atoms with Crippen LogP contribution in [-0.2, 0) is 4.79 Å². The quantitative estimate of drug-likeness (QED) is 0.338. The molecule has 3 aromatic carbocycles. The first-order valence-corrected chi connectivity index (χ1v) is 12.6. The molecule has 1 aromatic heterocycles. The average molecular weight is 525 g/mol. The number of anilines is 1. The molecule has 2 aliphatic rings. The Labute approximate surface area is 226 Å². The van der Waals surface area contributed by atoms with Gasteiger partial charge < -0.3 is 24.3 Å². The van der Waals surface area contributed by atoms with Crippen LogP contribution >= 0.6 is 0 Å². The molecule has 2 unspecified atom stereocenters. The maximum atomic E-state index is 13.9. The smallest absolute Gasteiger partial charge is 0.226 e. The van der Waals surface area contributed by atoms with E-state index in [1.807, 2.05) is 66.7 Å². The van der Waals surface area contributed by atoms with Gasteiger partial charge in [-0.05, 0) is 59.9 Å². The zero-order valence-electron chi connectivity index (χ0n) is 21.9. The number of Topliss-reactive ketones (excluding diaryl/α,β-unsaturated/α-hetero) is 1. The fourth-order valence-corrected chi connectivity index (χ4v) is 5.41. The van der Waals surface area contributed by atoms with Gasteiger partial charge in [0, 0.05) is 17.7 Å². The van der Waals surface area contributed by atoms with Gasteiger partial charge in [-0.2, -0.15) is 10.1 Å². The second-order valence-corrected chi connectivity index (χ2v) is 9.42. The van der Waals surface area contributed by atoms with E-state index in [1.165, 1.54) is 6.33 Å². The number of para-hydroxylation sites is 1. The number of rotatable bonds is 7. The van der Waals surface area contributed by atoms with Crippen molar-refractivity contribution in [2.75, 3.05) is 26.6 Å². The zero-order valence-corrected chi connectivity index (χ0v) is 21.9. The lowest BCUT2D eigenvalue weighted by atomic mass is 9.77. The van der Waals surface area contributed by atoms with Crippen LogP contribution in [0, 0.1) is 0 Å². The van der Waals surface area contributed by atoms with E-state index in [9.17, 15) is 4.79 Å². The minimum atomic E-state index is -0.425. The third-order valence-corrected chi connectivity index (χ3v) is 7.17. The third kappa shape index (κ3) is 4.46. The van der Waals surface area contributed by atoms with Crippen LogP contribution in [0.2, 0.25) is 0 Å². The Balaban J connectivity index is 1.38. The summed E-state index contributed by atoms with van der Waals surface area (Å²) in [6.45, 7) is 0. The van der Waals surface area contributed by atoms with Crippen molar-refractivity contribution in [1.29, 1.82) is 0 Å². The Morgan fingerprint density at radius 3 is 2.31 bits per heavy atom. The molecule has 198 valence electrons. The summed E-state index contributed by atoms with van der Waals surface area (Å²) in [7, 11) is 4.75. The minimum absolute atomic E-state index is 0.0445. The van der Waals surface area contributed by atoms with Crippen LogP contribution < -0.4 is 24.3 Å². The molecule has 0 saturated heterocycles. The Morgan fingerprint density at radius 2 is 1.59 bits per heavy atom. The van der Waals surface area contributed by atoms with Crippen molar-refractivity contribution in [2.45, 2.75) is 24.8 Å². The highest BCUT2D eigenvalue weighted by atomic mass is 16.5. The van der Waals surface area contributed by atoms with Gasteiger partial charge in [0.05, 0.1) is 21.3 Å². The summed E-state index contributed by atoms with van der Waals surface area (Å²) in [5, 5.41) is 7.84. The number of nitrogens with zero attached hydrogens (tertiary/aromatic N) is 3. The number of allylic oxidation sites excluding steroid dienone is 2. The molecule has 0 spiro atoms. The number of hydrogen-bond donors (Lipinski definition) is 1. The molecule has 2 atom stereocenters. The molecule has 0 saturated carbocycles. The standard InChI is InChI=1S/C30H28N4O5/c1-36-25-15-20(16-26(37-2)29(25)38-3)19-13-23-27(24(35)14-19)28(34-30(33-23)31-17-32-34)18-8-7-11-22(12-18)39-21-9-5-4-6-10-21/h4-12,15-17,19,28H,13-14H2,1-3H3,(H,31,32,33). The van der Waals surface area contributed by atoms with Gasteiger partial charge in [0.25, 0.3) is 0 Å². The van der Waals surface area contributed by atoms with Crippen molar-refractivity contribution in [2.24, 2.45) is 0 Å². The molecule has 0 amide bonds. The van der Waals surface area contributed by atoms with Crippen LogP contribution in [-0.4, -0.2) is 41.9 Å². The summed E-state index contributed by atoms with van der Waals surface area (Å²) >= 11 is 0. The first-order chi connectivity index (χ1) is 19.1. The minimum Gasteiger partial charge on any atom is -0.493 e. The number of methoxy groups -OCH3 is 3. The highest BCUT2D eigenvalue weighted by molar-refractivity contribution is 6.00. The van der Waals surface area contributed by atoms with Gasteiger partial charge in [0.15, 0.2) is 17.3 Å². The lowest BCUT2D eigenvalue weighted by Crippen LogP contribution is -2.33. The largest absolute Gasteiger partial charge is 0.493 e. The second kappa shape index (κ2) is 10.2. The Bertz CT molecular complexity index is 1540. The molecule has 2 heterocycles. The van der Waals surface area contributed by atoms with E-state index in [2.05, 4.69) is 15.4 Å². The molecule has 1 N–H and O–H groups in total. The molecule has 6 rings (SSSR count). The zero-order chi connectivity index (χ0) is 26.9. The van der Waals surface area contributed by atoms with E-state index in [0.29, 0.717) is 47.4 Å². The number of aromatic nitrogens is 3. The van der Waals surface area contributed by atoms with Crippen LogP contribution in [0.3, 0.4) is 0 Å². The summed E-state index contributed by atoms with van der Waals surface area (Å²) in [5.74, 6) is 3.61. The Kier molecular flexibility index (Phi) is 6.40. The van der Waals surface area contributed by atoms with Crippen LogP contribution in [0.25, 0.3) is 0 Å².